The van der Waals surface area contributed by atoms with E-state index in [-0.39, 0.29) is 29.0 Å². The maximum absolute atomic E-state index is 13.0. The van der Waals surface area contributed by atoms with Crippen molar-refractivity contribution in [2.24, 2.45) is 0 Å². The second-order valence-electron chi connectivity index (χ2n) is 10.4. The average Bonchev–Trinajstić information content (AvgIpc) is 3.43. The van der Waals surface area contributed by atoms with Crippen molar-refractivity contribution in [3.63, 3.8) is 0 Å². The van der Waals surface area contributed by atoms with Gasteiger partial charge in [-0.2, -0.15) is 0 Å². The second kappa shape index (κ2) is 15.1. The molecule has 22 nitrogen and oxygen atoms in total. The van der Waals surface area contributed by atoms with Gasteiger partial charge in [-0.15, -0.1) is 0 Å². The molecule has 0 bridgehead atoms. The summed E-state index contributed by atoms with van der Waals surface area (Å²) in [5.41, 5.74) is -2.06. The number of phosphoric ester groups is 2. The Bertz CT molecular complexity index is 1760. The van der Waals surface area contributed by atoms with Crippen LogP contribution in [0.4, 0.5) is 0 Å². The zero-order chi connectivity index (χ0) is 34.8. The molecular weight excluding hydrogens is 698 g/mol. The van der Waals surface area contributed by atoms with Crippen LogP contribution in [0.2, 0.25) is 0 Å². The Morgan fingerprint density at radius 3 is 1.96 bits per heavy atom. The minimum absolute atomic E-state index is 0.0149. The lowest BCUT2D eigenvalue weighted by atomic mass is 10.1. The number of ether oxygens (including phenoxy) is 2. The summed E-state index contributed by atoms with van der Waals surface area (Å²) >= 11 is 5.14. The van der Waals surface area contributed by atoms with Crippen LogP contribution in [-0.2, 0) is 45.3 Å². The molecule has 4 heterocycles. The highest BCUT2D eigenvalue weighted by Crippen LogP contribution is 2.49. The summed E-state index contributed by atoms with van der Waals surface area (Å²) in [5, 5.41) is 37.7. The third-order valence-corrected chi connectivity index (χ3v) is 8.86. The monoisotopic (exact) mass is 732 g/mol. The van der Waals surface area contributed by atoms with Gasteiger partial charge in [0.15, 0.2) is 17.2 Å². The van der Waals surface area contributed by atoms with Crippen molar-refractivity contribution in [1.29, 1.82) is 0 Å². The van der Waals surface area contributed by atoms with Crippen LogP contribution < -0.4 is 27.4 Å². The van der Waals surface area contributed by atoms with Gasteiger partial charge in [-0.3, -0.25) is 42.3 Å². The van der Waals surface area contributed by atoms with Crippen molar-refractivity contribution in [2.75, 3.05) is 27.3 Å². The molecule has 2 saturated heterocycles. The minimum Gasteiger partial charge on any atom is -0.387 e. The highest BCUT2D eigenvalue weighted by molar-refractivity contribution is 7.71. The topological polar surface area (TPSA) is 318 Å². The maximum Gasteiger partial charge on any atom is 0.472 e. The Kier molecular flexibility index (Phi) is 12.1. The fourth-order valence-corrected chi connectivity index (χ4v) is 6.45. The predicted octanol–water partition coefficient (Wildman–Crippen LogP) is -3.62. The summed E-state index contributed by atoms with van der Waals surface area (Å²) in [6, 6.07) is 0. The van der Waals surface area contributed by atoms with Gasteiger partial charge in [0.05, 0.1) is 13.2 Å². The van der Waals surface area contributed by atoms with Crippen LogP contribution >= 0.6 is 27.9 Å². The van der Waals surface area contributed by atoms with Crippen LogP contribution in [0.25, 0.3) is 0 Å². The molecule has 264 valence electrons. The summed E-state index contributed by atoms with van der Waals surface area (Å²) in [6.07, 6.45) is -11.1. The van der Waals surface area contributed by atoms with Gasteiger partial charge < -0.3 is 50.1 Å². The molecule has 2 aliphatic rings. The van der Waals surface area contributed by atoms with E-state index in [1.807, 2.05) is 4.98 Å². The SMILES string of the molecule is CNCc1cn([C@@H]2O[C@H](COP(=O)(O)O[C@H]3[C@@H](O)[C@H](n4cc(CNC)c(=O)[nH]c4=O)O[C@@H]3COP(=O)(O)O)[C@@H](O)[C@H]2O)c(=S)[nH]c1=O. The lowest BCUT2D eigenvalue weighted by molar-refractivity contribution is -0.0607. The van der Waals surface area contributed by atoms with Crippen molar-refractivity contribution >= 4 is 27.9 Å². The van der Waals surface area contributed by atoms with Gasteiger partial charge in [0.2, 0.25) is 0 Å². The van der Waals surface area contributed by atoms with E-state index in [9.17, 15) is 43.7 Å². The molecule has 1 unspecified atom stereocenters. The normalized spacial score (nSPS) is 29.3. The van der Waals surface area contributed by atoms with Gasteiger partial charge in [-0.1, -0.05) is 0 Å². The highest BCUT2D eigenvalue weighted by atomic mass is 32.1. The quantitative estimate of drug-likeness (QED) is 0.0662. The lowest BCUT2D eigenvalue weighted by Crippen LogP contribution is -2.40. The number of aliphatic hydroxyl groups is 3. The summed E-state index contributed by atoms with van der Waals surface area (Å²) in [4.78, 5) is 70.1. The standard InChI is InChI=1S/C22H34N6O16P2S/c1-23-3-9-5-27(21(34)25-17(9)32)20-15(31)16(12(43-20)8-40-45(35,36)37)44-46(38,39)41-7-11-13(29)14(30)19(42-11)28-6-10(4-24-2)18(33)26-22(28)47/h5-6,11-16,19-20,23-24,29-31H,3-4,7-8H2,1-2H3,(H,38,39)(H,25,32,34)(H,26,33,47)(H2,35,36,37)/t11-,12-,13-,14-,15-,16-,19-,20-/m1/s1. The average molecular weight is 733 g/mol. The number of aliphatic hydroxyl groups excluding tert-OH is 3. The van der Waals surface area contributed by atoms with Gasteiger partial charge in [-0.05, 0) is 26.3 Å². The molecule has 2 fully saturated rings. The van der Waals surface area contributed by atoms with E-state index < -0.39 is 94.7 Å². The van der Waals surface area contributed by atoms with E-state index in [1.54, 1.807) is 7.05 Å². The summed E-state index contributed by atoms with van der Waals surface area (Å²) < 4.78 is 51.8. The van der Waals surface area contributed by atoms with E-state index in [0.717, 1.165) is 10.8 Å². The Labute approximate surface area is 268 Å². The first-order chi connectivity index (χ1) is 22.0. The van der Waals surface area contributed by atoms with Crippen molar-refractivity contribution in [3.8, 4) is 0 Å². The molecule has 0 aliphatic carbocycles. The molecule has 25 heteroatoms. The van der Waals surface area contributed by atoms with Crippen LogP contribution in [0.1, 0.15) is 23.6 Å². The fourth-order valence-electron chi connectivity index (χ4n) is 4.90. The minimum atomic E-state index is -5.26. The first-order valence-corrected chi connectivity index (χ1v) is 17.1. The lowest BCUT2D eigenvalue weighted by Gasteiger charge is -2.24. The molecule has 2 aliphatic heterocycles. The molecular formula is C22H34N6O16P2S. The van der Waals surface area contributed by atoms with Crippen LogP contribution in [0.5, 0.6) is 0 Å². The predicted molar refractivity (Wildman–Crippen MR) is 157 cm³/mol. The van der Waals surface area contributed by atoms with Gasteiger partial charge >= 0.3 is 21.3 Å². The van der Waals surface area contributed by atoms with Crippen molar-refractivity contribution < 1.29 is 62.2 Å². The molecule has 0 aromatic carbocycles. The van der Waals surface area contributed by atoms with E-state index in [4.69, 9.17) is 40.5 Å². The van der Waals surface area contributed by atoms with Gasteiger partial charge in [0.25, 0.3) is 11.1 Å². The highest BCUT2D eigenvalue weighted by Gasteiger charge is 2.51. The molecule has 9 atom stereocenters. The van der Waals surface area contributed by atoms with E-state index in [0.29, 0.717) is 0 Å². The molecule has 0 spiro atoms. The summed E-state index contributed by atoms with van der Waals surface area (Å²) in [6.45, 7) is -1.78. The maximum atomic E-state index is 13.0. The number of hydrogen-bond donors (Lipinski definition) is 10. The molecule has 0 radical (unpaired) electrons. The number of nitrogens with zero attached hydrogens (tertiary/aromatic N) is 2. The van der Waals surface area contributed by atoms with E-state index in [1.165, 1.54) is 17.8 Å². The zero-order valence-electron chi connectivity index (χ0n) is 24.6. The Morgan fingerprint density at radius 1 is 0.830 bits per heavy atom. The number of hydrogen-bond acceptors (Lipinski definition) is 16. The number of aromatic amines is 2. The van der Waals surface area contributed by atoms with E-state index >= 15 is 0 Å². The first-order valence-electron chi connectivity index (χ1n) is 13.6. The molecule has 47 heavy (non-hydrogen) atoms. The van der Waals surface area contributed by atoms with Crippen molar-refractivity contribution in [2.45, 2.75) is 62.2 Å². The summed E-state index contributed by atoms with van der Waals surface area (Å²) in [5.74, 6) is 0. The second-order valence-corrected chi connectivity index (χ2v) is 13.5. The molecule has 0 amide bonds. The van der Waals surface area contributed by atoms with Crippen LogP contribution in [0.3, 0.4) is 0 Å². The zero-order valence-corrected chi connectivity index (χ0v) is 27.2. The van der Waals surface area contributed by atoms with Crippen molar-refractivity contribution in [1.82, 2.24) is 29.7 Å². The molecule has 0 saturated carbocycles. The van der Waals surface area contributed by atoms with Gasteiger partial charge in [-0.25, -0.2) is 13.9 Å². The Hall–Kier alpha value is -2.28. The number of H-pyrrole nitrogens is 2. The van der Waals surface area contributed by atoms with Gasteiger partial charge in [0, 0.05) is 36.6 Å². The Balaban J connectivity index is 1.52. The fraction of sp³-hybridized carbons (Fsp3) is 0.636. The number of phosphoric acid groups is 2. The largest absolute Gasteiger partial charge is 0.472 e. The smallest absolute Gasteiger partial charge is 0.387 e. The molecule has 10 N–H and O–H groups in total. The van der Waals surface area contributed by atoms with Gasteiger partial charge in [0.1, 0.15) is 36.6 Å². The number of nitrogens with one attached hydrogen (secondary N) is 4. The number of aromatic nitrogens is 4. The van der Waals surface area contributed by atoms with Crippen LogP contribution in [0, 0.1) is 4.77 Å². The third kappa shape index (κ3) is 8.85. The first kappa shape index (κ1) is 37.5. The number of rotatable bonds is 14. The Morgan fingerprint density at radius 2 is 1.36 bits per heavy atom. The molecule has 2 aromatic heterocycles. The van der Waals surface area contributed by atoms with E-state index in [2.05, 4.69) is 20.1 Å². The molecule has 4 rings (SSSR count). The molecule has 2 aromatic rings. The van der Waals surface area contributed by atoms with Crippen molar-refractivity contribution in [3.05, 3.63) is 59.5 Å². The van der Waals surface area contributed by atoms with Crippen LogP contribution in [-0.4, -0.2) is 113 Å². The summed E-state index contributed by atoms with van der Waals surface area (Å²) in [7, 11) is -7.28. The van der Waals surface area contributed by atoms with Crippen LogP contribution in [0.15, 0.2) is 26.8 Å². The third-order valence-electron chi connectivity index (χ3n) is 7.08.